The van der Waals surface area contributed by atoms with Gasteiger partial charge in [0.25, 0.3) is 0 Å². The maximum Gasteiger partial charge on any atom is 0.226 e. The highest BCUT2D eigenvalue weighted by atomic mass is 32.2. The molecule has 2 aromatic rings. The van der Waals surface area contributed by atoms with Gasteiger partial charge >= 0.3 is 0 Å². The lowest BCUT2D eigenvalue weighted by Gasteiger charge is -2.05. The van der Waals surface area contributed by atoms with Crippen LogP contribution in [0.3, 0.4) is 0 Å². The van der Waals surface area contributed by atoms with Crippen LogP contribution in [0.2, 0.25) is 0 Å². The number of H-pyrrole nitrogens is 1. The summed E-state index contributed by atoms with van der Waals surface area (Å²) >= 11 is 0. The molecule has 106 valence electrons. The Labute approximate surface area is 117 Å². The zero-order valence-corrected chi connectivity index (χ0v) is 11.8. The van der Waals surface area contributed by atoms with E-state index < -0.39 is 9.84 Å². The molecule has 0 atom stereocenters. The Balaban J connectivity index is 1.89. The highest BCUT2D eigenvalue weighted by Gasteiger charge is 2.07. The number of amides is 1. The first-order chi connectivity index (χ1) is 9.45. The lowest BCUT2D eigenvalue weighted by Crippen LogP contribution is -2.24. The van der Waals surface area contributed by atoms with Gasteiger partial charge in [-0.05, 0) is 23.8 Å². The van der Waals surface area contributed by atoms with Crippen LogP contribution >= 0.6 is 0 Å². The highest BCUT2D eigenvalue weighted by Crippen LogP contribution is 2.10. The Hall–Kier alpha value is -2.15. The van der Waals surface area contributed by atoms with Crippen LogP contribution < -0.4 is 5.32 Å². The minimum Gasteiger partial charge on any atom is -0.352 e. The Bertz CT molecular complexity index is 676. The van der Waals surface area contributed by atoms with Gasteiger partial charge < -0.3 is 5.32 Å². The smallest absolute Gasteiger partial charge is 0.226 e. The van der Waals surface area contributed by atoms with E-state index in [1.54, 1.807) is 24.4 Å². The van der Waals surface area contributed by atoms with Crippen molar-refractivity contribution < 1.29 is 13.2 Å². The summed E-state index contributed by atoms with van der Waals surface area (Å²) in [4.78, 5) is 11.9. The van der Waals surface area contributed by atoms with Crippen molar-refractivity contribution in [1.29, 1.82) is 0 Å². The molecule has 0 aliphatic rings. The number of aromatic nitrogens is 2. The second-order valence-electron chi connectivity index (χ2n) is 4.45. The summed E-state index contributed by atoms with van der Waals surface area (Å²) in [5.74, 6) is -0.124. The summed E-state index contributed by atoms with van der Waals surface area (Å²) in [6.45, 7) is 0.358. The third kappa shape index (κ3) is 3.92. The first kappa shape index (κ1) is 14.3. The van der Waals surface area contributed by atoms with E-state index in [1.807, 2.05) is 0 Å². The van der Waals surface area contributed by atoms with Gasteiger partial charge in [-0.2, -0.15) is 5.10 Å². The number of aromatic amines is 1. The van der Waals surface area contributed by atoms with Gasteiger partial charge in [0.2, 0.25) is 5.91 Å². The molecule has 0 unspecified atom stereocenters. The van der Waals surface area contributed by atoms with Crippen molar-refractivity contribution in [2.24, 2.45) is 0 Å². The standard InChI is InChI=1S/C13H15N3O3S/c1-20(18,19)12-4-2-10(3-5-12)9-14-13(17)8-11-6-7-15-16-11/h2-7H,8-9H2,1H3,(H,14,17)(H,15,16). The molecule has 0 aliphatic carbocycles. The lowest BCUT2D eigenvalue weighted by atomic mass is 10.2. The molecule has 1 aromatic heterocycles. The average Bonchev–Trinajstić information content (AvgIpc) is 2.88. The van der Waals surface area contributed by atoms with Crippen molar-refractivity contribution in [3.8, 4) is 0 Å². The number of hydrogen-bond donors (Lipinski definition) is 2. The minimum absolute atomic E-state index is 0.124. The quantitative estimate of drug-likeness (QED) is 0.847. The molecule has 7 heteroatoms. The molecule has 0 saturated carbocycles. The summed E-state index contributed by atoms with van der Waals surface area (Å²) in [5, 5.41) is 9.24. The van der Waals surface area contributed by atoms with Crippen LogP contribution in [-0.4, -0.2) is 30.8 Å². The number of benzene rings is 1. The fraction of sp³-hybridized carbons (Fsp3) is 0.231. The second kappa shape index (κ2) is 5.87. The second-order valence-corrected chi connectivity index (χ2v) is 6.47. The summed E-state index contributed by atoms with van der Waals surface area (Å²) in [6, 6.07) is 8.18. The molecular formula is C13H15N3O3S. The Morgan fingerprint density at radius 3 is 2.50 bits per heavy atom. The van der Waals surface area contributed by atoms with E-state index >= 15 is 0 Å². The van der Waals surface area contributed by atoms with E-state index in [1.165, 1.54) is 12.1 Å². The molecule has 0 aliphatic heterocycles. The highest BCUT2D eigenvalue weighted by molar-refractivity contribution is 7.90. The van der Waals surface area contributed by atoms with E-state index in [9.17, 15) is 13.2 Å². The van der Waals surface area contributed by atoms with Gasteiger partial charge in [0, 0.05) is 24.7 Å². The summed E-state index contributed by atoms with van der Waals surface area (Å²) < 4.78 is 22.6. The fourth-order valence-corrected chi connectivity index (χ4v) is 2.30. The minimum atomic E-state index is -3.18. The Morgan fingerprint density at radius 2 is 1.95 bits per heavy atom. The van der Waals surface area contributed by atoms with Crippen molar-refractivity contribution in [3.63, 3.8) is 0 Å². The lowest BCUT2D eigenvalue weighted by molar-refractivity contribution is -0.120. The molecule has 2 N–H and O–H groups in total. The molecule has 1 heterocycles. The van der Waals surface area contributed by atoms with Gasteiger partial charge in [0.1, 0.15) is 0 Å². The van der Waals surface area contributed by atoms with Gasteiger partial charge in [-0.15, -0.1) is 0 Å². The molecule has 0 bridgehead atoms. The third-order valence-corrected chi connectivity index (χ3v) is 3.88. The molecule has 0 saturated heterocycles. The first-order valence-electron chi connectivity index (χ1n) is 5.99. The van der Waals surface area contributed by atoms with E-state index in [2.05, 4.69) is 15.5 Å². The fourth-order valence-electron chi connectivity index (χ4n) is 1.67. The van der Waals surface area contributed by atoms with E-state index in [0.717, 1.165) is 17.5 Å². The molecule has 0 radical (unpaired) electrons. The van der Waals surface area contributed by atoms with E-state index in [4.69, 9.17) is 0 Å². The Morgan fingerprint density at radius 1 is 1.25 bits per heavy atom. The van der Waals surface area contributed by atoms with Gasteiger partial charge in [0.05, 0.1) is 11.3 Å². The van der Waals surface area contributed by atoms with Gasteiger partial charge in [-0.1, -0.05) is 12.1 Å². The molecule has 2 rings (SSSR count). The largest absolute Gasteiger partial charge is 0.352 e. The van der Waals surface area contributed by atoms with E-state index in [-0.39, 0.29) is 17.2 Å². The van der Waals surface area contributed by atoms with Crippen LogP contribution in [0, 0.1) is 0 Å². The number of carbonyl (C=O) groups excluding carboxylic acids is 1. The molecule has 0 spiro atoms. The molecule has 1 amide bonds. The molecule has 1 aromatic carbocycles. The zero-order chi connectivity index (χ0) is 14.6. The Kier molecular flexibility index (Phi) is 4.19. The number of hydrogen-bond acceptors (Lipinski definition) is 4. The van der Waals surface area contributed by atoms with Crippen LogP contribution in [-0.2, 0) is 27.6 Å². The predicted molar refractivity (Wildman–Crippen MR) is 73.7 cm³/mol. The van der Waals surface area contributed by atoms with Crippen molar-refractivity contribution in [1.82, 2.24) is 15.5 Å². The number of nitrogens with zero attached hydrogens (tertiary/aromatic N) is 1. The predicted octanol–water partition coefficient (Wildman–Crippen LogP) is 0.672. The topological polar surface area (TPSA) is 91.9 Å². The number of carbonyl (C=O) groups is 1. The van der Waals surface area contributed by atoms with E-state index in [0.29, 0.717) is 6.54 Å². The SMILES string of the molecule is CS(=O)(=O)c1ccc(CNC(=O)Cc2ccn[nH]2)cc1. The van der Waals surface area contributed by atoms with Crippen LogP contribution in [0.4, 0.5) is 0 Å². The molecule has 0 fully saturated rings. The normalized spacial score (nSPS) is 11.2. The average molecular weight is 293 g/mol. The van der Waals surface area contributed by atoms with Crippen molar-refractivity contribution >= 4 is 15.7 Å². The number of sulfone groups is 1. The first-order valence-corrected chi connectivity index (χ1v) is 7.88. The van der Waals surface area contributed by atoms with Gasteiger partial charge in [-0.25, -0.2) is 8.42 Å². The summed E-state index contributed by atoms with van der Waals surface area (Å²) in [7, 11) is -3.18. The number of rotatable bonds is 5. The zero-order valence-electron chi connectivity index (χ0n) is 11.0. The van der Waals surface area contributed by atoms with Crippen molar-refractivity contribution in [3.05, 3.63) is 47.8 Å². The maximum atomic E-state index is 11.7. The summed E-state index contributed by atoms with van der Waals surface area (Å²) in [5.41, 5.74) is 1.59. The van der Waals surface area contributed by atoms with Crippen molar-refractivity contribution in [2.75, 3.05) is 6.26 Å². The number of nitrogens with one attached hydrogen (secondary N) is 2. The molecule has 20 heavy (non-hydrogen) atoms. The molecule has 6 nitrogen and oxygen atoms in total. The van der Waals surface area contributed by atoms with Crippen LogP contribution in [0.25, 0.3) is 0 Å². The molecular weight excluding hydrogens is 278 g/mol. The van der Waals surface area contributed by atoms with Crippen LogP contribution in [0.1, 0.15) is 11.3 Å². The summed E-state index contributed by atoms with van der Waals surface area (Å²) in [6.07, 6.45) is 2.99. The third-order valence-electron chi connectivity index (χ3n) is 2.75. The monoisotopic (exact) mass is 293 g/mol. The maximum absolute atomic E-state index is 11.7. The van der Waals surface area contributed by atoms with Gasteiger partial charge in [0.15, 0.2) is 9.84 Å². The van der Waals surface area contributed by atoms with Crippen molar-refractivity contribution in [2.45, 2.75) is 17.9 Å². The van der Waals surface area contributed by atoms with Crippen LogP contribution in [0.5, 0.6) is 0 Å². The van der Waals surface area contributed by atoms with Gasteiger partial charge in [-0.3, -0.25) is 9.89 Å². The van der Waals surface area contributed by atoms with Crippen LogP contribution in [0.15, 0.2) is 41.4 Å².